The lowest BCUT2D eigenvalue weighted by Crippen LogP contribution is -2.29. The fourth-order valence-corrected chi connectivity index (χ4v) is 11.7. The van der Waals surface area contributed by atoms with Gasteiger partial charge in [-0.3, -0.25) is 0 Å². The molecule has 3 aliphatic rings. The first-order valence-corrected chi connectivity index (χ1v) is 22.2. The van der Waals surface area contributed by atoms with Crippen LogP contribution in [0, 0.1) is 11.8 Å². The molecule has 0 saturated carbocycles. The van der Waals surface area contributed by atoms with Crippen molar-refractivity contribution in [1.82, 2.24) is 0 Å². The number of hydrogen-bond acceptors (Lipinski definition) is 4. The number of rotatable bonds is 3. The minimum atomic E-state index is 0.0212. The van der Waals surface area contributed by atoms with Crippen LogP contribution < -0.4 is 10.6 Å². The molecule has 0 radical (unpaired) electrons. The summed E-state index contributed by atoms with van der Waals surface area (Å²) in [7, 11) is 0. The molecule has 0 amide bonds. The molecular weight excluding hydrogens is 785 g/mol. The molecule has 0 aliphatic heterocycles. The number of para-hydroxylation sites is 2. The van der Waals surface area contributed by atoms with Gasteiger partial charge in [0.2, 0.25) is 0 Å². The lowest BCUT2D eigenvalue weighted by atomic mass is 9.64. The van der Waals surface area contributed by atoms with Crippen molar-refractivity contribution < 1.29 is 17.7 Å². The molecule has 8 aromatic carbocycles. The molecule has 0 bridgehead atoms. The Morgan fingerprint density at radius 2 is 1.12 bits per heavy atom. The molecule has 300 valence electrons. The van der Waals surface area contributed by atoms with Crippen LogP contribution in [0.2, 0.25) is 0 Å². The summed E-state index contributed by atoms with van der Waals surface area (Å²) in [4.78, 5) is 0. The number of fused-ring (bicyclic) bond motifs is 17. The highest BCUT2D eigenvalue weighted by molar-refractivity contribution is 6.20. The Morgan fingerprint density at radius 3 is 2.06 bits per heavy atom. The summed E-state index contributed by atoms with van der Waals surface area (Å²) in [6.45, 7) is 0. The Morgan fingerprint density at radius 1 is 0.453 bits per heavy atom. The van der Waals surface area contributed by atoms with Crippen LogP contribution in [0.25, 0.3) is 111 Å². The van der Waals surface area contributed by atoms with E-state index < -0.39 is 0 Å². The minimum Gasteiger partial charge on any atom is -0.456 e. The lowest BCUT2D eigenvalue weighted by molar-refractivity contribution is 0.571. The molecule has 3 unspecified atom stereocenters. The number of allylic oxidation sites excluding steroid dienone is 6. The van der Waals surface area contributed by atoms with Crippen molar-refractivity contribution >= 4 is 111 Å². The van der Waals surface area contributed by atoms with Crippen LogP contribution in [-0.2, 0) is 0 Å². The van der Waals surface area contributed by atoms with Gasteiger partial charge in [-0.25, -0.2) is 0 Å². The van der Waals surface area contributed by atoms with Gasteiger partial charge >= 0.3 is 0 Å². The van der Waals surface area contributed by atoms with E-state index in [-0.39, 0.29) is 17.8 Å². The molecule has 4 aromatic heterocycles. The van der Waals surface area contributed by atoms with Gasteiger partial charge < -0.3 is 17.7 Å². The van der Waals surface area contributed by atoms with Crippen molar-refractivity contribution in [3.05, 3.63) is 214 Å². The van der Waals surface area contributed by atoms with Gasteiger partial charge in [-0.1, -0.05) is 140 Å². The molecule has 0 saturated heterocycles. The Balaban J connectivity index is 0.979. The molecule has 0 fully saturated rings. The second kappa shape index (κ2) is 12.7. The molecule has 64 heavy (non-hydrogen) atoms. The average Bonchev–Trinajstić information content (AvgIpc) is 4.13. The zero-order valence-electron chi connectivity index (χ0n) is 34.5. The minimum absolute atomic E-state index is 0.0212. The Hall–Kier alpha value is -8.08. The topological polar surface area (TPSA) is 52.6 Å². The molecule has 3 atom stereocenters. The van der Waals surface area contributed by atoms with Gasteiger partial charge in [0.05, 0.1) is 5.39 Å². The summed E-state index contributed by atoms with van der Waals surface area (Å²) < 4.78 is 26.4. The quantitative estimate of drug-likeness (QED) is 0.178. The van der Waals surface area contributed by atoms with Gasteiger partial charge in [0.25, 0.3) is 0 Å². The fraction of sp³-hybridized carbons (Fsp3) is 0.0667. The number of furan rings is 4. The summed E-state index contributed by atoms with van der Waals surface area (Å²) in [6, 6.07) is 56.4. The number of benzene rings is 8. The maximum Gasteiger partial charge on any atom is 0.178 e. The highest BCUT2D eigenvalue weighted by atomic mass is 16.4. The van der Waals surface area contributed by atoms with Crippen molar-refractivity contribution in [1.29, 1.82) is 0 Å². The van der Waals surface area contributed by atoms with Crippen LogP contribution in [-0.4, -0.2) is 0 Å². The van der Waals surface area contributed by atoms with Gasteiger partial charge in [0.1, 0.15) is 33.3 Å². The summed E-state index contributed by atoms with van der Waals surface area (Å²) >= 11 is 0. The lowest BCUT2D eigenvalue weighted by Gasteiger charge is -2.39. The van der Waals surface area contributed by atoms with Crippen molar-refractivity contribution in [3.8, 4) is 0 Å². The Labute approximate surface area is 365 Å². The Kier molecular flexibility index (Phi) is 6.87. The van der Waals surface area contributed by atoms with Crippen molar-refractivity contribution in [3.63, 3.8) is 0 Å². The SMILES string of the molecule is C1=CC2C(=C(C3C=c4c(oc5c4ccc4oc6ccccc6c45)=CC3)c3ccccc3C2c2cccc3oc4c(ccc5c6ccccc6oc54)c23)C=C1c1cccc2ccccc12. The predicted molar refractivity (Wildman–Crippen MR) is 261 cm³/mol. The summed E-state index contributed by atoms with van der Waals surface area (Å²) in [5, 5.41) is 11.3. The third kappa shape index (κ3) is 4.66. The summed E-state index contributed by atoms with van der Waals surface area (Å²) in [6.07, 6.45) is 13.0. The van der Waals surface area contributed by atoms with Crippen LogP contribution in [0.5, 0.6) is 0 Å². The van der Waals surface area contributed by atoms with E-state index in [1.54, 1.807) is 0 Å². The summed E-state index contributed by atoms with van der Waals surface area (Å²) in [5.41, 5.74) is 15.9. The maximum atomic E-state index is 6.83. The normalized spacial score (nSPS) is 18.3. The molecule has 4 nitrogen and oxygen atoms in total. The Bertz CT molecular complexity index is 4250. The van der Waals surface area contributed by atoms with Gasteiger partial charge in [-0.05, 0) is 105 Å². The monoisotopic (exact) mass is 820 g/mol. The van der Waals surface area contributed by atoms with Crippen LogP contribution in [0.4, 0.5) is 0 Å². The second-order valence-electron chi connectivity index (χ2n) is 17.7. The van der Waals surface area contributed by atoms with Gasteiger partial charge in [-0.15, -0.1) is 0 Å². The highest BCUT2D eigenvalue weighted by Crippen LogP contribution is 2.54. The predicted octanol–water partition coefficient (Wildman–Crippen LogP) is 14.7. The first-order valence-electron chi connectivity index (χ1n) is 22.2. The van der Waals surface area contributed by atoms with E-state index in [1.807, 2.05) is 24.3 Å². The smallest absolute Gasteiger partial charge is 0.178 e. The van der Waals surface area contributed by atoms with E-state index in [4.69, 9.17) is 17.7 Å². The molecule has 15 rings (SSSR count). The van der Waals surface area contributed by atoms with Crippen molar-refractivity contribution in [2.75, 3.05) is 0 Å². The summed E-state index contributed by atoms with van der Waals surface area (Å²) in [5.74, 6) is 0.183. The third-order valence-corrected chi connectivity index (χ3v) is 14.4. The molecule has 3 aliphatic carbocycles. The van der Waals surface area contributed by atoms with Crippen LogP contribution in [0.15, 0.2) is 199 Å². The zero-order valence-corrected chi connectivity index (χ0v) is 34.5. The van der Waals surface area contributed by atoms with E-state index >= 15 is 0 Å². The maximum absolute atomic E-state index is 6.83. The molecule has 0 N–H and O–H groups in total. The van der Waals surface area contributed by atoms with E-state index in [0.29, 0.717) is 0 Å². The largest absolute Gasteiger partial charge is 0.456 e. The van der Waals surface area contributed by atoms with Crippen LogP contribution in [0.1, 0.15) is 34.6 Å². The van der Waals surface area contributed by atoms with E-state index in [2.05, 4.69) is 164 Å². The van der Waals surface area contributed by atoms with Crippen LogP contribution >= 0.6 is 0 Å². The van der Waals surface area contributed by atoms with Gasteiger partial charge in [0.15, 0.2) is 11.2 Å². The van der Waals surface area contributed by atoms with Gasteiger partial charge in [0, 0.05) is 55.3 Å². The third-order valence-electron chi connectivity index (χ3n) is 14.4. The number of hydrogen-bond donors (Lipinski definition) is 0. The fourth-order valence-electron chi connectivity index (χ4n) is 11.7. The molecule has 4 heterocycles. The van der Waals surface area contributed by atoms with Crippen molar-refractivity contribution in [2.45, 2.75) is 12.3 Å². The van der Waals surface area contributed by atoms with Crippen molar-refractivity contribution in [2.24, 2.45) is 11.8 Å². The zero-order chi connectivity index (χ0) is 41.6. The molecular formula is C60H36O4. The molecule has 12 aromatic rings. The highest BCUT2D eigenvalue weighted by Gasteiger charge is 2.39. The van der Waals surface area contributed by atoms with Crippen LogP contribution in [0.3, 0.4) is 0 Å². The first-order chi connectivity index (χ1) is 31.7. The van der Waals surface area contributed by atoms with E-state index in [1.165, 1.54) is 49.7 Å². The standard InChI is InChI=1S/C60H36O4/c1-2-13-36-33(11-1)12-9-18-37(36)34-23-25-41-48(31-34)54(35-24-29-51-47(32-35)43-28-30-53-57(58(43)62-51)44-17-6-8-21-50(44)61-53)39-15-3-4-16-40(39)55(41)45-19-10-22-52-56(45)46-27-26-42-38-14-5-7-20-49(38)63-59(42)60(46)64-52/h1-23,25-32,35,41,55H,24H2. The molecule has 4 heteroatoms. The van der Waals surface area contributed by atoms with E-state index in [9.17, 15) is 0 Å². The molecule has 0 spiro atoms. The van der Waals surface area contributed by atoms with Gasteiger partial charge in [-0.2, -0.15) is 0 Å². The first kappa shape index (κ1) is 34.5. The van der Waals surface area contributed by atoms with E-state index in [0.717, 1.165) is 93.8 Å². The average molecular weight is 821 g/mol. The second-order valence-corrected chi connectivity index (χ2v) is 17.7.